The lowest BCUT2D eigenvalue weighted by Gasteiger charge is -2.30. The number of aliphatic hydroxyl groups excluding tert-OH is 1. The monoisotopic (exact) mass is 554 g/mol. The van der Waals surface area contributed by atoms with E-state index in [4.69, 9.17) is 14.2 Å². The largest absolute Gasteiger partial charge is 0.493 e. The van der Waals surface area contributed by atoms with Crippen LogP contribution >= 0.6 is 0 Å². The number of methoxy groups -OCH3 is 2. The Kier molecular flexibility index (Phi) is 14.4. The second-order valence-corrected chi connectivity index (χ2v) is 10.9. The number of nitrogens with zero attached hydrogens (tertiary/aromatic N) is 3. The first kappa shape index (κ1) is 32.9. The molecule has 9 heteroatoms. The Morgan fingerprint density at radius 2 is 1.73 bits per heavy atom. The maximum atomic E-state index is 13.1. The highest BCUT2D eigenvalue weighted by atomic mass is 16.5. The molecule has 40 heavy (non-hydrogen) atoms. The zero-order chi connectivity index (χ0) is 29.5. The molecule has 9 nitrogen and oxygen atoms in total. The molecule has 2 aromatic rings. The highest BCUT2D eigenvalue weighted by molar-refractivity contribution is 5.92. The molecular formula is C31H46N4O5. The summed E-state index contributed by atoms with van der Waals surface area (Å²) in [6, 6.07) is 14.5. The van der Waals surface area contributed by atoms with Crippen molar-refractivity contribution in [3.05, 3.63) is 64.5 Å². The number of aliphatic hydroxyl groups is 1. The molecule has 0 fully saturated rings. The summed E-state index contributed by atoms with van der Waals surface area (Å²) in [6.45, 7) is 9.30. The summed E-state index contributed by atoms with van der Waals surface area (Å²) in [4.78, 5) is 16.1. The topological polar surface area (TPSA) is 126 Å². The molecule has 4 atom stereocenters. The Bertz CT molecular complexity index is 1070. The minimum Gasteiger partial charge on any atom is -0.493 e. The fourth-order valence-electron chi connectivity index (χ4n) is 4.75. The van der Waals surface area contributed by atoms with Crippen LogP contribution in [-0.2, 0) is 16.0 Å². The molecule has 0 heterocycles. The first-order valence-corrected chi connectivity index (χ1v) is 14.1. The van der Waals surface area contributed by atoms with Gasteiger partial charge in [0.15, 0.2) is 11.5 Å². The van der Waals surface area contributed by atoms with Crippen LogP contribution in [0, 0.1) is 23.7 Å². The number of azide groups is 1. The van der Waals surface area contributed by atoms with Crippen LogP contribution in [0.3, 0.4) is 0 Å². The zero-order valence-corrected chi connectivity index (χ0v) is 24.7. The van der Waals surface area contributed by atoms with E-state index in [0.29, 0.717) is 43.2 Å². The van der Waals surface area contributed by atoms with E-state index >= 15 is 0 Å². The number of hydrogen-bond acceptors (Lipinski definition) is 6. The molecule has 0 saturated heterocycles. The number of hydrogen-bond donors (Lipinski definition) is 2. The number of anilines is 1. The van der Waals surface area contributed by atoms with Crippen molar-refractivity contribution in [2.24, 2.45) is 28.8 Å². The fraction of sp³-hybridized carbons (Fsp3) is 0.581. The number of rotatable bonds is 18. The Morgan fingerprint density at radius 3 is 2.33 bits per heavy atom. The quantitative estimate of drug-likeness (QED) is 0.0923. The number of benzene rings is 2. The summed E-state index contributed by atoms with van der Waals surface area (Å²) in [5, 5.41) is 18.2. The van der Waals surface area contributed by atoms with Gasteiger partial charge in [0.05, 0.1) is 25.9 Å². The van der Waals surface area contributed by atoms with E-state index in [-0.39, 0.29) is 30.1 Å². The standard InChI is InChI=1S/C31H46N4O5/c1-21(2)24(17-23-13-14-29(39-6)30(18-23)40-16-10-15-38-5)19-27(34-35-32)28(36)20-26(22(3)4)31(37)33-25-11-8-7-9-12-25/h7-9,11-14,18,21-22,24,26-28,36H,10,15-17,19-20H2,1-6H3,(H,33,37)/t24-,26-,27-,28-/m0/s1. The van der Waals surface area contributed by atoms with Crippen LogP contribution in [0.2, 0.25) is 0 Å². The first-order valence-electron chi connectivity index (χ1n) is 14.1. The van der Waals surface area contributed by atoms with Gasteiger partial charge in [0.25, 0.3) is 0 Å². The van der Waals surface area contributed by atoms with Crippen molar-refractivity contribution in [3.63, 3.8) is 0 Å². The van der Waals surface area contributed by atoms with Gasteiger partial charge in [-0.1, -0.05) is 57.1 Å². The minimum atomic E-state index is -0.957. The van der Waals surface area contributed by atoms with Gasteiger partial charge in [0.1, 0.15) is 0 Å². The van der Waals surface area contributed by atoms with Gasteiger partial charge >= 0.3 is 0 Å². The maximum Gasteiger partial charge on any atom is 0.227 e. The molecule has 0 unspecified atom stereocenters. The van der Waals surface area contributed by atoms with Crippen molar-refractivity contribution in [1.29, 1.82) is 0 Å². The Balaban J connectivity index is 2.15. The highest BCUT2D eigenvalue weighted by Crippen LogP contribution is 2.32. The van der Waals surface area contributed by atoms with Crippen LogP contribution < -0.4 is 14.8 Å². The fourth-order valence-corrected chi connectivity index (χ4v) is 4.75. The molecule has 0 spiro atoms. The summed E-state index contributed by atoms with van der Waals surface area (Å²) in [6.07, 6.45) is 1.21. The van der Waals surface area contributed by atoms with Gasteiger partial charge in [-0.15, -0.1) is 0 Å². The number of carbonyl (C=O) groups excluding carboxylic acids is 1. The third-order valence-electron chi connectivity index (χ3n) is 7.29. The smallest absolute Gasteiger partial charge is 0.227 e. The second kappa shape index (κ2) is 17.4. The van der Waals surface area contributed by atoms with Crippen molar-refractivity contribution in [1.82, 2.24) is 0 Å². The van der Waals surface area contributed by atoms with Crippen molar-refractivity contribution in [3.8, 4) is 11.5 Å². The summed E-state index contributed by atoms with van der Waals surface area (Å²) < 4.78 is 16.5. The molecule has 2 aromatic carbocycles. The lowest BCUT2D eigenvalue weighted by Crippen LogP contribution is -2.36. The third kappa shape index (κ3) is 10.7. The Labute approximate surface area is 238 Å². The number of amides is 1. The molecule has 0 aliphatic rings. The Morgan fingerprint density at radius 1 is 1.00 bits per heavy atom. The van der Waals surface area contributed by atoms with E-state index in [9.17, 15) is 15.4 Å². The number of nitrogens with one attached hydrogen (secondary N) is 1. The van der Waals surface area contributed by atoms with Gasteiger partial charge < -0.3 is 24.6 Å². The normalized spacial score (nSPS) is 14.2. The molecule has 0 aliphatic heterocycles. The number of para-hydroxylation sites is 1. The predicted octanol–water partition coefficient (Wildman–Crippen LogP) is 6.66. The predicted molar refractivity (Wildman–Crippen MR) is 159 cm³/mol. The van der Waals surface area contributed by atoms with Crippen LogP contribution in [0.5, 0.6) is 11.5 Å². The molecule has 2 rings (SSSR count). The average Bonchev–Trinajstić information content (AvgIpc) is 2.93. The van der Waals surface area contributed by atoms with Crippen molar-refractivity contribution < 1.29 is 24.1 Å². The second-order valence-electron chi connectivity index (χ2n) is 10.9. The van der Waals surface area contributed by atoms with Gasteiger partial charge in [-0.05, 0) is 72.4 Å². The van der Waals surface area contributed by atoms with Crippen LogP contribution in [0.15, 0.2) is 53.6 Å². The summed E-state index contributed by atoms with van der Waals surface area (Å²) in [5.41, 5.74) is 11.1. The first-order chi connectivity index (χ1) is 19.2. The molecule has 0 aliphatic carbocycles. The molecule has 220 valence electrons. The van der Waals surface area contributed by atoms with E-state index in [0.717, 1.165) is 12.0 Å². The van der Waals surface area contributed by atoms with Crippen LogP contribution in [0.25, 0.3) is 10.4 Å². The van der Waals surface area contributed by atoms with E-state index in [1.807, 2.05) is 62.4 Å². The van der Waals surface area contributed by atoms with Crippen LogP contribution in [-0.4, -0.2) is 50.6 Å². The van der Waals surface area contributed by atoms with Crippen molar-refractivity contribution >= 4 is 11.6 Å². The van der Waals surface area contributed by atoms with Gasteiger partial charge in [0, 0.05) is 36.7 Å². The molecule has 0 aromatic heterocycles. The number of carbonyl (C=O) groups is 1. The van der Waals surface area contributed by atoms with Crippen molar-refractivity contribution in [2.75, 3.05) is 32.8 Å². The third-order valence-corrected chi connectivity index (χ3v) is 7.29. The zero-order valence-electron chi connectivity index (χ0n) is 24.7. The average molecular weight is 555 g/mol. The maximum absolute atomic E-state index is 13.1. The van der Waals surface area contributed by atoms with E-state index < -0.39 is 18.1 Å². The van der Waals surface area contributed by atoms with Gasteiger partial charge in [-0.3, -0.25) is 4.79 Å². The summed E-state index contributed by atoms with van der Waals surface area (Å²) in [7, 11) is 3.28. The van der Waals surface area contributed by atoms with Crippen LogP contribution in [0.4, 0.5) is 5.69 Å². The molecule has 0 bridgehead atoms. The molecule has 2 N–H and O–H groups in total. The van der Waals surface area contributed by atoms with E-state index in [1.165, 1.54) is 0 Å². The van der Waals surface area contributed by atoms with Gasteiger partial charge in [-0.25, -0.2) is 0 Å². The van der Waals surface area contributed by atoms with Crippen molar-refractivity contribution in [2.45, 2.75) is 65.5 Å². The van der Waals surface area contributed by atoms with Gasteiger partial charge in [-0.2, -0.15) is 0 Å². The molecular weight excluding hydrogens is 508 g/mol. The summed E-state index contributed by atoms with van der Waals surface area (Å²) in [5.74, 6) is 1.12. The minimum absolute atomic E-state index is 0.00687. The van der Waals surface area contributed by atoms with Crippen LogP contribution in [0.1, 0.15) is 52.5 Å². The SMILES string of the molecule is COCCCOc1cc(C[C@@H](C[C@H](N=[N+]=[N-])[C@@H](O)C[C@H](C(=O)Nc2ccccc2)C(C)C)C(C)C)ccc1OC. The van der Waals surface area contributed by atoms with Gasteiger partial charge in [0.2, 0.25) is 5.91 Å². The van der Waals surface area contributed by atoms with E-state index in [1.54, 1.807) is 14.2 Å². The highest BCUT2D eigenvalue weighted by Gasteiger charge is 2.31. The lowest BCUT2D eigenvalue weighted by atomic mass is 9.80. The van der Waals surface area contributed by atoms with E-state index in [2.05, 4.69) is 29.2 Å². The molecule has 0 radical (unpaired) electrons. The molecule has 1 amide bonds. The number of ether oxygens (including phenoxy) is 3. The Hall–Kier alpha value is -3.26. The lowest BCUT2D eigenvalue weighted by molar-refractivity contribution is -0.122. The summed E-state index contributed by atoms with van der Waals surface area (Å²) >= 11 is 0. The molecule has 0 saturated carbocycles.